The van der Waals surface area contributed by atoms with Crippen molar-refractivity contribution in [1.29, 1.82) is 0 Å². The SMILES string of the molecule is CC(=O)Nc1cccc(-c2ccnc3c2c(C(=O)O)nn3C)c1. The molecular weight excluding hydrogens is 296 g/mol. The summed E-state index contributed by atoms with van der Waals surface area (Å²) in [6.07, 6.45) is 1.61. The maximum absolute atomic E-state index is 11.5. The third-order valence-electron chi connectivity index (χ3n) is 3.42. The van der Waals surface area contributed by atoms with E-state index >= 15 is 0 Å². The van der Waals surface area contributed by atoms with Gasteiger partial charge in [0.2, 0.25) is 5.91 Å². The first-order chi connectivity index (χ1) is 11.0. The van der Waals surface area contributed by atoms with Gasteiger partial charge in [0.25, 0.3) is 0 Å². The van der Waals surface area contributed by atoms with E-state index in [0.29, 0.717) is 22.3 Å². The van der Waals surface area contributed by atoms with Gasteiger partial charge in [-0.1, -0.05) is 12.1 Å². The van der Waals surface area contributed by atoms with Crippen molar-refractivity contribution in [1.82, 2.24) is 14.8 Å². The van der Waals surface area contributed by atoms with E-state index in [0.717, 1.165) is 5.56 Å². The number of hydrogen-bond donors (Lipinski definition) is 2. The first-order valence-corrected chi connectivity index (χ1v) is 6.90. The normalized spacial score (nSPS) is 10.7. The minimum atomic E-state index is -1.11. The van der Waals surface area contributed by atoms with Gasteiger partial charge in [0.1, 0.15) is 0 Å². The van der Waals surface area contributed by atoms with Crippen LogP contribution in [0.3, 0.4) is 0 Å². The van der Waals surface area contributed by atoms with Crippen LogP contribution in [0.25, 0.3) is 22.2 Å². The van der Waals surface area contributed by atoms with Crippen LogP contribution in [0.4, 0.5) is 5.69 Å². The molecule has 0 atom stereocenters. The van der Waals surface area contributed by atoms with Gasteiger partial charge in [-0.3, -0.25) is 4.79 Å². The summed E-state index contributed by atoms with van der Waals surface area (Å²) in [4.78, 5) is 26.9. The van der Waals surface area contributed by atoms with Gasteiger partial charge in [0, 0.05) is 25.9 Å². The monoisotopic (exact) mass is 310 g/mol. The van der Waals surface area contributed by atoms with Crippen molar-refractivity contribution in [2.24, 2.45) is 7.05 Å². The van der Waals surface area contributed by atoms with Gasteiger partial charge in [0.15, 0.2) is 11.3 Å². The molecule has 116 valence electrons. The number of anilines is 1. The predicted molar refractivity (Wildman–Crippen MR) is 85.2 cm³/mol. The lowest BCUT2D eigenvalue weighted by atomic mass is 10.0. The number of rotatable bonds is 3. The number of carbonyl (C=O) groups excluding carboxylic acids is 1. The molecule has 2 heterocycles. The lowest BCUT2D eigenvalue weighted by molar-refractivity contribution is -0.114. The Hall–Kier alpha value is -3.22. The van der Waals surface area contributed by atoms with Gasteiger partial charge in [0.05, 0.1) is 5.39 Å². The first-order valence-electron chi connectivity index (χ1n) is 6.90. The quantitative estimate of drug-likeness (QED) is 0.773. The van der Waals surface area contributed by atoms with Gasteiger partial charge < -0.3 is 10.4 Å². The molecule has 0 aliphatic heterocycles. The maximum Gasteiger partial charge on any atom is 0.357 e. The predicted octanol–water partition coefficient (Wildman–Crippen LogP) is 2.29. The van der Waals surface area contributed by atoms with Crippen LogP contribution in [0.5, 0.6) is 0 Å². The largest absolute Gasteiger partial charge is 0.476 e. The molecule has 2 N–H and O–H groups in total. The minimum Gasteiger partial charge on any atom is -0.476 e. The number of aryl methyl sites for hydroxylation is 1. The molecule has 0 aliphatic carbocycles. The maximum atomic E-state index is 11.5. The molecule has 1 amide bonds. The smallest absolute Gasteiger partial charge is 0.357 e. The topological polar surface area (TPSA) is 97.1 Å². The number of aromatic nitrogens is 3. The number of benzene rings is 1. The number of nitrogens with zero attached hydrogens (tertiary/aromatic N) is 3. The van der Waals surface area contributed by atoms with Crippen LogP contribution in [0.2, 0.25) is 0 Å². The van der Waals surface area contributed by atoms with Crippen LogP contribution >= 0.6 is 0 Å². The van der Waals surface area contributed by atoms with Crippen LogP contribution in [0.15, 0.2) is 36.5 Å². The molecule has 0 saturated heterocycles. The van der Waals surface area contributed by atoms with E-state index in [1.807, 2.05) is 6.07 Å². The second-order valence-corrected chi connectivity index (χ2v) is 5.10. The number of nitrogens with one attached hydrogen (secondary N) is 1. The zero-order valence-electron chi connectivity index (χ0n) is 12.6. The highest BCUT2D eigenvalue weighted by atomic mass is 16.4. The van der Waals surface area contributed by atoms with Gasteiger partial charge >= 0.3 is 5.97 Å². The molecule has 0 radical (unpaired) electrons. The highest BCUT2D eigenvalue weighted by molar-refractivity contribution is 6.07. The summed E-state index contributed by atoms with van der Waals surface area (Å²) in [5.74, 6) is -1.28. The molecule has 3 aromatic rings. The van der Waals surface area contributed by atoms with Crippen molar-refractivity contribution in [2.75, 3.05) is 5.32 Å². The molecule has 2 aromatic heterocycles. The number of fused-ring (bicyclic) bond motifs is 1. The fourth-order valence-corrected chi connectivity index (χ4v) is 2.53. The van der Waals surface area contributed by atoms with Crippen molar-refractivity contribution in [3.8, 4) is 11.1 Å². The molecule has 7 heteroatoms. The van der Waals surface area contributed by atoms with Crippen LogP contribution in [-0.2, 0) is 11.8 Å². The van der Waals surface area contributed by atoms with Crippen molar-refractivity contribution in [3.05, 3.63) is 42.2 Å². The lowest BCUT2D eigenvalue weighted by Gasteiger charge is -2.07. The summed E-state index contributed by atoms with van der Waals surface area (Å²) in [5, 5.41) is 16.6. The molecule has 23 heavy (non-hydrogen) atoms. The molecule has 0 saturated carbocycles. The lowest BCUT2D eigenvalue weighted by Crippen LogP contribution is -2.05. The molecule has 0 spiro atoms. The fourth-order valence-electron chi connectivity index (χ4n) is 2.53. The average molecular weight is 310 g/mol. The Morgan fingerprint density at radius 1 is 1.26 bits per heavy atom. The summed E-state index contributed by atoms with van der Waals surface area (Å²) >= 11 is 0. The van der Waals surface area contributed by atoms with Gasteiger partial charge in [-0.15, -0.1) is 0 Å². The Morgan fingerprint density at radius 2 is 2.04 bits per heavy atom. The molecule has 0 aliphatic rings. The van der Waals surface area contributed by atoms with Crippen LogP contribution in [0.1, 0.15) is 17.4 Å². The minimum absolute atomic E-state index is 0.0458. The molecule has 0 fully saturated rings. The zero-order valence-corrected chi connectivity index (χ0v) is 12.6. The Balaban J connectivity index is 2.24. The summed E-state index contributed by atoms with van der Waals surface area (Å²) in [6, 6.07) is 8.94. The number of amides is 1. The fraction of sp³-hybridized carbons (Fsp3) is 0.125. The molecular formula is C16H14N4O3. The van der Waals surface area contributed by atoms with Crippen molar-refractivity contribution in [2.45, 2.75) is 6.92 Å². The number of carboxylic acids is 1. The second kappa shape index (κ2) is 5.53. The number of carboxylic acid groups (broad SMARTS) is 1. The van der Waals surface area contributed by atoms with E-state index in [1.54, 1.807) is 37.5 Å². The average Bonchev–Trinajstić information content (AvgIpc) is 2.85. The molecule has 0 bridgehead atoms. The van der Waals surface area contributed by atoms with E-state index in [1.165, 1.54) is 11.6 Å². The Bertz CT molecular complexity index is 930. The van der Waals surface area contributed by atoms with E-state index in [-0.39, 0.29) is 11.6 Å². The number of aromatic carboxylic acids is 1. The summed E-state index contributed by atoms with van der Waals surface area (Å²) in [7, 11) is 1.65. The van der Waals surface area contributed by atoms with Gasteiger partial charge in [-0.2, -0.15) is 5.10 Å². The van der Waals surface area contributed by atoms with Crippen molar-refractivity contribution >= 4 is 28.6 Å². The Kier molecular flexibility index (Phi) is 3.53. The van der Waals surface area contributed by atoms with Crippen LogP contribution in [-0.4, -0.2) is 31.7 Å². The number of pyridine rings is 1. The Morgan fingerprint density at radius 3 is 2.74 bits per heavy atom. The highest BCUT2D eigenvalue weighted by Gasteiger charge is 2.19. The first kappa shape index (κ1) is 14.7. The van der Waals surface area contributed by atoms with E-state index in [2.05, 4.69) is 15.4 Å². The third-order valence-corrected chi connectivity index (χ3v) is 3.42. The highest BCUT2D eigenvalue weighted by Crippen LogP contribution is 2.31. The summed E-state index contributed by atoms with van der Waals surface area (Å²) < 4.78 is 1.44. The number of hydrogen-bond acceptors (Lipinski definition) is 4. The van der Waals surface area contributed by atoms with Gasteiger partial charge in [-0.25, -0.2) is 14.5 Å². The second-order valence-electron chi connectivity index (χ2n) is 5.10. The van der Waals surface area contributed by atoms with Crippen molar-refractivity contribution < 1.29 is 14.7 Å². The zero-order chi connectivity index (χ0) is 16.6. The van der Waals surface area contributed by atoms with Crippen LogP contribution in [0, 0.1) is 0 Å². The number of carbonyl (C=O) groups is 2. The van der Waals surface area contributed by atoms with E-state index in [9.17, 15) is 14.7 Å². The van der Waals surface area contributed by atoms with Crippen molar-refractivity contribution in [3.63, 3.8) is 0 Å². The molecule has 7 nitrogen and oxygen atoms in total. The molecule has 0 unspecified atom stereocenters. The van der Waals surface area contributed by atoms with E-state index in [4.69, 9.17) is 0 Å². The van der Waals surface area contributed by atoms with E-state index < -0.39 is 5.97 Å². The standard InChI is InChI=1S/C16H14N4O3/c1-9(21)18-11-5-3-4-10(8-11)12-6-7-17-15-13(12)14(16(22)23)19-20(15)2/h3-8H,1-2H3,(H,18,21)(H,22,23). The molecule has 3 rings (SSSR count). The summed E-state index contributed by atoms with van der Waals surface area (Å²) in [6.45, 7) is 1.43. The third kappa shape index (κ3) is 2.64. The van der Waals surface area contributed by atoms with Crippen LogP contribution < -0.4 is 5.32 Å². The van der Waals surface area contributed by atoms with Gasteiger partial charge in [-0.05, 0) is 29.3 Å². The molecule has 1 aromatic carbocycles. The summed E-state index contributed by atoms with van der Waals surface area (Å²) in [5.41, 5.74) is 2.56. The Labute approximate surface area is 131 Å².